The highest BCUT2D eigenvalue weighted by molar-refractivity contribution is 5.95. The fourth-order valence-electron chi connectivity index (χ4n) is 2.70. The third kappa shape index (κ3) is 8.84. The number of benzene rings is 1. The second-order valence-corrected chi connectivity index (χ2v) is 7.61. The van der Waals surface area contributed by atoms with Gasteiger partial charge < -0.3 is 9.84 Å². The molecule has 0 aromatic heterocycles. The molecule has 4 heteroatoms. The van der Waals surface area contributed by atoms with E-state index in [1.165, 1.54) is 44.3 Å². The van der Waals surface area contributed by atoms with Crippen molar-refractivity contribution in [3.05, 3.63) is 41.0 Å². The molecule has 0 spiro atoms. The van der Waals surface area contributed by atoms with Crippen molar-refractivity contribution >= 4 is 18.0 Å². The lowest BCUT2D eigenvalue weighted by Gasteiger charge is -2.18. The summed E-state index contributed by atoms with van der Waals surface area (Å²) in [6.45, 7) is 7.59. The number of aromatic carboxylic acids is 1. The number of hydrogen-bond donors (Lipinski definition) is 1. The standard InChI is InChI=1S/C22H32O4/c1-5-6-7-8-9-10-11-17-12-14-19(21(24)25)18(16-17)13-15-20(23)26-22(2,3)4/h12-16H,5-11H2,1-4H3,(H,24,25)/b15-13+. The van der Waals surface area contributed by atoms with Crippen LogP contribution in [-0.2, 0) is 16.0 Å². The molecule has 0 atom stereocenters. The van der Waals surface area contributed by atoms with Gasteiger partial charge in [-0.2, -0.15) is 0 Å². The smallest absolute Gasteiger partial charge is 0.336 e. The summed E-state index contributed by atoms with van der Waals surface area (Å²) in [7, 11) is 0. The first-order valence-corrected chi connectivity index (χ1v) is 9.50. The van der Waals surface area contributed by atoms with Gasteiger partial charge in [0.2, 0.25) is 0 Å². The number of esters is 1. The minimum Gasteiger partial charge on any atom is -0.478 e. The van der Waals surface area contributed by atoms with Gasteiger partial charge in [0, 0.05) is 6.08 Å². The number of rotatable bonds is 10. The number of aryl methyl sites for hydroxylation is 1. The number of carboxylic acids is 1. The fourth-order valence-corrected chi connectivity index (χ4v) is 2.70. The maximum Gasteiger partial charge on any atom is 0.336 e. The summed E-state index contributed by atoms with van der Waals surface area (Å²) < 4.78 is 5.23. The molecule has 0 radical (unpaired) electrons. The van der Waals surface area contributed by atoms with Crippen LogP contribution in [0, 0.1) is 0 Å². The molecule has 0 saturated carbocycles. The Morgan fingerprint density at radius 3 is 2.35 bits per heavy atom. The van der Waals surface area contributed by atoms with E-state index >= 15 is 0 Å². The van der Waals surface area contributed by atoms with Crippen molar-refractivity contribution in [1.82, 2.24) is 0 Å². The summed E-state index contributed by atoms with van der Waals surface area (Å²) in [6, 6.07) is 5.33. The average Bonchev–Trinajstić information content (AvgIpc) is 2.54. The van der Waals surface area contributed by atoms with Crippen LogP contribution in [0.15, 0.2) is 24.3 Å². The van der Waals surface area contributed by atoms with Crippen LogP contribution in [-0.4, -0.2) is 22.6 Å². The van der Waals surface area contributed by atoms with E-state index in [0.29, 0.717) is 5.56 Å². The van der Waals surface area contributed by atoms with E-state index < -0.39 is 17.5 Å². The summed E-state index contributed by atoms with van der Waals surface area (Å²) >= 11 is 0. The highest BCUT2D eigenvalue weighted by atomic mass is 16.6. The van der Waals surface area contributed by atoms with Crippen molar-refractivity contribution in [2.45, 2.75) is 78.2 Å². The molecule has 1 rings (SSSR count). The molecule has 0 bridgehead atoms. The Morgan fingerprint density at radius 1 is 1.08 bits per heavy atom. The van der Waals surface area contributed by atoms with Gasteiger partial charge in [0.1, 0.15) is 5.60 Å². The molecule has 0 aliphatic heterocycles. The minimum atomic E-state index is -1.00. The summed E-state index contributed by atoms with van der Waals surface area (Å²) in [5.74, 6) is -1.48. The first kappa shape index (κ1) is 21.9. The SMILES string of the molecule is CCCCCCCCc1ccc(C(=O)O)c(/C=C/C(=O)OC(C)(C)C)c1. The molecule has 1 aromatic rings. The van der Waals surface area contributed by atoms with Gasteiger partial charge in [-0.15, -0.1) is 0 Å². The number of unbranched alkanes of at least 4 members (excludes halogenated alkanes) is 5. The second kappa shape index (κ2) is 10.8. The van der Waals surface area contributed by atoms with Gasteiger partial charge in [-0.05, 0) is 56.9 Å². The van der Waals surface area contributed by atoms with Gasteiger partial charge in [0.25, 0.3) is 0 Å². The molecule has 1 N–H and O–H groups in total. The van der Waals surface area contributed by atoms with Crippen LogP contribution in [0.3, 0.4) is 0 Å². The molecule has 0 aliphatic rings. The Labute approximate surface area is 157 Å². The Hall–Kier alpha value is -2.10. The second-order valence-electron chi connectivity index (χ2n) is 7.61. The molecular weight excluding hydrogens is 328 g/mol. The summed E-state index contributed by atoms with van der Waals surface area (Å²) in [6.07, 6.45) is 11.1. The third-order valence-corrected chi connectivity index (χ3v) is 3.97. The average molecular weight is 360 g/mol. The van der Waals surface area contributed by atoms with Crippen LogP contribution in [0.25, 0.3) is 6.08 Å². The molecule has 0 unspecified atom stereocenters. The van der Waals surface area contributed by atoms with Crippen LogP contribution in [0.1, 0.15) is 87.7 Å². The zero-order chi connectivity index (χ0) is 19.6. The largest absolute Gasteiger partial charge is 0.478 e. The quantitative estimate of drug-likeness (QED) is 0.333. The Balaban J connectivity index is 2.75. The topological polar surface area (TPSA) is 63.6 Å². The monoisotopic (exact) mass is 360 g/mol. The van der Waals surface area contributed by atoms with Gasteiger partial charge in [-0.3, -0.25) is 0 Å². The Kier molecular flexibility index (Phi) is 9.11. The van der Waals surface area contributed by atoms with E-state index in [0.717, 1.165) is 18.4 Å². The van der Waals surface area contributed by atoms with Gasteiger partial charge >= 0.3 is 11.9 Å². The number of carboxylic acid groups (broad SMARTS) is 1. The van der Waals surface area contributed by atoms with E-state index in [-0.39, 0.29) is 5.56 Å². The van der Waals surface area contributed by atoms with Gasteiger partial charge in [-0.1, -0.05) is 51.2 Å². The predicted octanol–water partition coefficient (Wildman–Crippen LogP) is 5.64. The molecule has 4 nitrogen and oxygen atoms in total. The maximum absolute atomic E-state index is 11.8. The van der Waals surface area contributed by atoms with E-state index in [9.17, 15) is 14.7 Å². The maximum atomic E-state index is 11.8. The van der Waals surface area contributed by atoms with Crippen molar-refractivity contribution in [3.8, 4) is 0 Å². The summed E-state index contributed by atoms with van der Waals surface area (Å²) in [5, 5.41) is 9.35. The summed E-state index contributed by atoms with van der Waals surface area (Å²) in [4.78, 5) is 23.3. The predicted molar refractivity (Wildman–Crippen MR) is 105 cm³/mol. The molecule has 144 valence electrons. The number of carbonyl (C=O) groups is 2. The first-order valence-electron chi connectivity index (χ1n) is 9.50. The van der Waals surface area contributed by atoms with E-state index in [1.54, 1.807) is 26.8 Å². The molecule has 1 aromatic carbocycles. The molecule has 0 saturated heterocycles. The third-order valence-electron chi connectivity index (χ3n) is 3.97. The minimum absolute atomic E-state index is 0.191. The molecule has 0 fully saturated rings. The zero-order valence-corrected chi connectivity index (χ0v) is 16.5. The van der Waals surface area contributed by atoms with Crippen molar-refractivity contribution in [2.75, 3.05) is 0 Å². The molecule has 0 amide bonds. The highest BCUT2D eigenvalue weighted by Crippen LogP contribution is 2.18. The fraction of sp³-hybridized carbons (Fsp3) is 0.545. The van der Waals surface area contributed by atoms with Gasteiger partial charge in [-0.25, -0.2) is 9.59 Å². The lowest BCUT2D eigenvalue weighted by Crippen LogP contribution is -2.22. The number of hydrogen-bond acceptors (Lipinski definition) is 3. The molecule has 0 heterocycles. The molecular formula is C22H32O4. The summed E-state index contributed by atoms with van der Waals surface area (Å²) in [5.41, 5.74) is 1.24. The Morgan fingerprint density at radius 2 is 1.73 bits per heavy atom. The number of ether oxygens (including phenoxy) is 1. The van der Waals surface area contributed by atoms with E-state index in [4.69, 9.17) is 4.74 Å². The van der Waals surface area contributed by atoms with Crippen molar-refractivity contribution in [1.29, 1.82) is 0 Å². The normalized spacial score (nSPS) is 11.7. The lowest BCUT2D eigenvalue weighted by atomic mass is 9.99. The van der Waals surface area contributed by atoms with Crippen LogP contribution in [0.5, 0.6) is 0 Å². The lowest BCUT2D eigenvalue weighted by molar-refractivity contribution is -0.148. The highest BCUT2D eigenvalue weighted by Gasteiger charge is 2.14. The molecule has 26 heavy (non-hydrogen) atoms. The van der Waals surface area contributed by atoms with Crippen LogP contribution >= 0.6 is 0 Å². The van der Waals surface area contributed by atoms with Crippen molar-refractivity contribution < 1.29 is 19.4 Å². The number of carbonyl (C=O) groups excluding carboxylic acids is 1. The van der Waals surface area contributed by atoms with Gasteiger partial charge in [0.05, 0.1) is 5.56 Å². The van der Waals surface area contributed by atoms with Crippen molar-refractivity contribution in [2.24, 2.45) is 0 Å². The van der Waals surface area contributed by atoms with Crippen LogP contribution < -0.4 is 0 Å². The van der Waals surface area contributed by atoms with Crippen LogP contribution in [0.2, 0.25) is 0 Å². The van der Waals surface area contributed by atoms with Gasteiger partial charge in [0.15, 0.2) is 0 Å². The van der Waals surface area contributed by atoms with E-state index in [1.807, 2.05) is 12.1 Å². The zero-order valence-electron chi connectivity index (χ0n) is 16.5. The van der Waals surface area contributed by atoms with Crippen LogP contribution in [0.4, 0.5) is 0 Å². The Bertz CT molecular complexity index is 624. The first-order chi connectivity index (χ1) is 12.2. The van der Waals surface area contributed by atoms with Crippen molar-refractivity contribution in [3.63, 3.8) is 0 Å². The molecule has 0 aliphatic carbocycles. The van der Waals surface area contributed by atoms with E-state index in [2.05, 4.69) is 6.92 Å².